The summed E-state index contributed by atoms with van der Waals surface area (Å²) >= 11 is 0. The van der Waals surface area contributed by atoms with Gasteiger partial charge in [-0.15, -0.1) is 0 Å². The van der Waals surface area contributed by atoms with Crippen LogP contribution in [-0.4, -0.2) is 38.9 Å². The number of rotatable bonds is 18. The summed E-state index contributed by atoms with van der Waals surface area (Å²) in [6.07, 6.45) is 25.6. The van der Waals surface area contributed by atoms with Crippen molar-refractivity contribution in [2.75, 3.05) is 0 Å². The number of aliphatic carboxylic acids is 1. The van der Waals surface area contributed by atoms with Gasteiger partial charge in [0.15, 0.2) is 6.04 Å². The summed E-state index contributed by atoms with van der Waals surface area (Å²) in [7, 11) is -4.85. The summed E-state index contributed by atoms with van der Waals surface area (Å²) in [4.78, 5) is 40.7. The van der Waals surface area contributed by atoms with Gasteiger partial charge in [-0.2, -0.15) is 0 Å². The molecule has 0 saturated carbocycles. The number of phosphoric acid groups is 1. The smallest absolute Gasteiger partial charge is 0.469 e. The zero-order valence-electron chi connectivity index (χ0n) is 19.5. The third-order valence-electron chi connectivity index (χ3n) is 4.29. The molecule has 0 aliphatic carbocycles. The molecule has 0 aliphatic heterocycles. The minimum atomic E-state index is -4.85. The number of unbranched alkanes of at least 4 members (excludes halogenated alkanes) is 1. The molecule has 0 aromatic heterocycles. The lowest BCUT2D eigenvalue weighted by Gasteiger charge is -2.21. The van der Waals surface area contributed by atoms with E-state index in [4.69, 9.17) is 14.9 Å². The van der Waals surface area contributed by atoms with Crippen molar-refractivity contribution < 1.29 is 33.6 Å². The predicted molar refractivity (Wildman–Crippen MR) is 130 cm³/mol. The Bertz CT molecular complexity index is 750. The summed E-state index contributed by atoms with van der Waals surface area (Å²) in [5, 5.41) is 11.4. The molecule has 0 unspecified atom stereocenters. The predicted octanol–water partition coefficient (Wildman–Crippen LogP) is 4.98. The van der Waals surface area contributed by atoms with Crippen LogP contribution in [-0.2, 0) is 18.7 Å². The molecule has 33 heavy (non-hydrogen) atoms. The van der Waals surface area contributed by atoms with E-state index in [1.54, 1.807) is 0 Å². The van der Waals surface area contributed by atoms with Crippen molar-refractivity contribution in [2.24, 2.45) is 0 Å². The van der Waals surface area contributed by atoms with Crippen molar-refractivity contribution >= 4 is 19.7 Å². The highest BCUT2D eigenvalue weighted by Gasteiger charge is 2.32. The summed E-state index contributed by atoms with van der Waals surface area (Å²) in [6.45, 7) is 3.30. The van der Waals surface area contributed by atoms with Gasteiger partial charge in [-0.05, 0) is 51.9 Å². The van der Waals surface area contributed by atoms with E-state index in [2.05, 4.69) is 65.4 Å². The van der Waals surface area contributed by atoms with Crippen LogP contribution >= 0.6 is 7.82 Å². The van der Waals surface area contributed by atoms with Crippen LogP contribution in [0, 0.1) is 0 Å². The number of phosphoric ester groups is 1. The fourth-order valence-electron chi connectivity index (χ4n) is 2.65. The van der Waals surface area contributed by atoms with Gasteiger partial charge >= 0.3 is 13.8 Å². The SMILES string of the molecule is CC/C=C\C/C=C\C/C=C\C/C=C\C/C=C\CCCC(=O)N[C@H](C(=O)O)[C@@H](C)OP(=O)(O)O. The van der Waals surface area contributed by atoms with Crippen LogP contribution in [0.4, 0.5) is 0 Å². The second-order valence-corrected chi connectivity index (χ2v) is 8.48. The molecule has 186 valence electrons. The molecule has 2 atom stereocenters. The molecule has 1 amide bonds. The lowest BCUT2D eigenvalue weighted by atomic mass is 10.1. The Morgan fingerprint density at radius 2 is 1.33 bits per heavy atom. The zero-order valence-corrected chi connectivity index (χ0v) is 20.4. The van der Waals surface area contributed by atoms with Crippen LogP contribution in [0.2, 0.25) is 0 Å². The maximum absolute atomic E-state index is 11.9. The van der Waals surface area contributed by atoms with Gasteiger partial charge in [0.25, 0.3) is 0 Å². The highest BCUT2D eigenvalue weighted by atomic mass is 31.2. The maximum Gasteiger partial charge on any atom is 0.469 e. The van der Waals surface area contributed by atoms with Crippen LogP contribution in [0.15, 0.2) is 60.8 Å². The number of amides is 1. The quantitative estimate of drug-likeness (QED) is 0.123. The minimum Gasteiger partial charge on any atom is -0.480 e. The van der Waals surface area contributed by atoms with Crippen molar-refractivity contribution in [2.45, 2.75) is 77.4 Å². The molecule has 0 spiro atoms. The Labute approximate surface area is 197 Å². The van der Waals surface area contributed by atoms with Gasteiger partial charge in [0, 0.05) is 6.42 Å². The normalized spacial score (nSPS) is 14.8. The van der Waals surface area contributed by atoms with E-state index >= 15 is 0 Å². The monoisotopic (exact) mass is 483 g/mol. The van der Waals surface area contributed by atoms with Gasteiger partial charge < -0.3 is 20.2 Å². The number of hydrogen-bond acceptors (Lipinski definition) is 4. The van der Waals surface area contributed by atoms with E-state index in [1.165, 1.54) is 6.92 Å². The second-order valence-electron chi connectivity index (χ2n) is 7.28. The lowest BCUT2D eigenvalue weighted by Crippen LogP contribution is -2.48. The van der Waals surface area contributed by atoms with Gasteiger partial charge in [0.05, 0.1) is 6.10 Å². The standard InChI is InChI=1S/C24H38NO7P/c1-3-4-5-6-7-8-9-10-11-12-13-14-15-16-17-18-19-20-22(26)25-23(24(27)28)21(2)32-33(29,30)31/h4-5,7-8,10-11,13-14,16-17,21,23H,3,6,9,12,15,18-20H2,1-2H3,(H,25,26)(H,27,28)(H2,29,30,31)/b5-4-,8-7-,11-10-,14-13-,17-16-/t21-,23+/m1/s1. The average molecular weight is 484 g/mol. The topological polar surface area (TPSA) is 133 Å². The average Bonchev–Trinajstić information content (AvgIpc) is 2.72. The van der Waals surface area contributed by atoms with Gasteiger partial charge in [0.2, 0.25) is 5.91 Å². The van der Waals surface area contributed by atoms with Crippen molar-refractivity contribution in [1.29, 1.82) is 0 Å². The van der Waals surface area contributed by atoms with Gasteiger partial charge in [-0.1, -0.05) is 67.7 Å². The number of hydrogen-bond donors (Lipinski definition) is 4. The van der Waals surface area contributed by atoms with Crippen molar-refractivity contribution in [3.05, 3.63) is 60.8 Å². The third-order valence-corrected chi connectivity index (χ3v) is 4.90. The maximum atomic E-state index is 11.9. The van der Waals surface area contributed by atoms with E-state index in [0.29, 0.717) is 12.8 Å². The molecule has 0 fully saturated rings. The van der Waals surface area contributed by atoms with Gasteiger partial charge in [-0.3, -0.25) is 9.32 Å². The Kier molecular flexibility index (Phi) is 17.9. The number of carbonyl (C=O) groups is 2. The van der Waals surface area contributed by atoms with E-state index in [9.17, 15) is 14.2 Å². The minimum absolute atomic E-state index is 0.0979. The highest BCUT2D eigenvalue weighted by molar-refractivity contribution is 7.46. The van der Waals surface area contributed by atoms with Crippen molar-refractivity contribution in [3.8, 4) is 0 Å². The first-order chi connectivity index (χ1) is 15.7. The molecule has 0 aromatic rings. The summed E-state index contributed by atoms with van der Waals surface area (Å²) in [5.74, 6) is -1.95. The Morgan fingerprint density at radius 3 is 1.76 bits per heavy atom. The number of carboxylic acids is 1. The number of carbonyl (C=O) groups excluding carboxylic acids is 1. The van der Waals surface area contributed by atoms with Crippen LogP contribution in [0.5, 0.6) is 0 Å². The van der Waals surface area contributed by atoms with Crippen LogP contribution in [0.1, 0.15) is 65.2 Å². The van der Waals surface area contributed by atoms with Crippen LogP contribution in [0.25, 0.3) is 0 Å². The van der Waals surface area contributed by atoms with Crippen LogP contribution < -0.4 is 5.32 Å². The fraction of sp³-hybridized carbons (Fsp3) is 0.500. The highest BCUT2D eigenvalue weighted by Crippen LogP contribution is 2.38. The molecule has 4 N–H and O–H groups in total. The lowest BCUT2D eigenvalue weighted by molar-refractivity contribution is -0.144. The van der Waals surface area contributed by atoms with E-state index in [0.717, 1.165) is 32.1 Å². The molecular weight excluding hydrogens is 445 g/mol. The molecule has 0 heterocycles. The number of nitrogens with one attached hydrogen (secondary N) is 1. The third kappa shape index (κ3) is 20.1. The van der Waals surface area contributed by atoms with Crippen molar-refractivity contribution in [3.63, 3.8) is 0 Å². The Balaban J connectivity index is 3.98. The molecule has 9 heteroatoms. The fourth-order valence-corrected chi connectivity index (χ4v) is 3.21. The first-order valence-electron chi connectivity index (χ1n) is 11.2. The Hall–Kier alpha value is -2.25. The molecule has 0 rings (SSSR count). The van der Waals surface area contributed by atoms with E-state index < -0.39 is 31.8 Å². The van der Waals surface area contributed by atoms with E-state index in [1.807, 2.05) is 12.2 Å². The second kappa shape index (κ2) is 19.2. The number of carboxylic acid groups (broad SMARTS) is 1. The molecular formula is C24H38NO7P. The molecule has 0 bridgehead atoms. The summed E-state index contributed by atoms with van der Waals surface area (Å²) < 4.78 is 15.2. The van der Waals surface area contributed by atoms with Gasteiger partial charge in [-0.25, -0.2) is 9.36 Å². The van der Waals surface area contributed by atoms with Crippen LogP contribution in [0.3, 0.4) is 0 Å². The van der Waals surface area contributed by atoms with E-state index in [-0.39, 0.29) is 6.42 Å². The largest absolute Gasteiger partial charge is 0.480 e. The first kappa shape index (κ1) is 30.8. The Morgan fingerprint density at radius 1 is 0.879 bits per heavy atom. The molecule has 8 nitrogen and oxygen atoms in total. The molecule has 0 saturated heterocycles. The molecule has 0 aliphatic rings. The molecule has 0 aromatic carbocycles. The number of allylic oxidation sites excluding steroid dienone is 10. The summed E-state index contributed by atoms with van der Waals surface area (Å²) in [5.41, 5.74) is 0. The van der Waals surface area contributed by atoms with Gasteiger partial charge in [0.1, 0.15) is 0 Å². The van der Waals surface area contributed by atoms with Crippen molar-refractivity contribution in [1.82, 2.24) is 5.32 Å². The summed E-state index contributed by atoms with van der Waals surface area (Å²) in [6, 6.07) is -1.54. The molecule has 0 radical (unpaired) electrons. The first-order valence-corrected chi connectivity index (χ1v) is 12.7. The zero-order chi connectivity index (χ0) is 25.0.